The van der Waals surface area contributed by atoms with E-state index in [2.05, 4.69) is 15.5 Å². The van der Waals surface area contributed by atoms with Crippen LogP contribution in [-0.2, 0) is 11.0 Å². The Morgan fingerprint density at radius 2 is 1.79 bits per heavy atom. The quantitative estimate of drug-likeness (QED) is 0.695. The Morgan fingerprint density at radius 1 is 1.10 bits per heavy atom. The van der Waals surface area contributed by atoms with E-state index in [0.717, 1.165) is 30.9 Å². The number of benzene rings is 2. The van der Waals surface area contributed by atoms with Crippen molar-refractivity contribution >= 4 is 23.0 Å². The molecular weight excluding hydrogens is 383 g/mol. The predicted molar refractivity (Wildman–Crippen MR) is 108 cm³/mol. The third-order valence-corrected chi connectivity index (χ3v) is 4.67. The van der Waals surface area contributed by atoms with Crippen molar-refractivity contribution in [2.24, 2.45) is 0 Å². The SMILES string of the molecule is CCOc1ccc(C(F)(F)F)cc1NCC(=O)Nc1ccc(N2CCCC2)cc1. The lowest BCUT2D eigenvalue weighted by atomic mass is 10.1. The van der Waals surface area contributed by atoms with E-state index in [1.54, 1.807) is 6.92 Å². The van der Waals surface area contributed by atoms with E-state index in [4.69, 9.17) is 4.74 Å². The molecule has 1 fully saturated rings. The normalized spacial score (nSPS) is 14.0. The fourth-order valence-corrected chi connectivity index (χ4v) is 3.24. The maximum Gasteiger partial charge on any atom is 0.416 e. The number of rotatable bonds is 7. The Bertz CT molecular complexity index is 832. The Kier molecular flexibility index (Phi) is 6.51. The maximum absolute atomic E-state index is 13.0. The first-order valence-electron chi connectivity index (χ1n) is 9.59. The smallest absolute Gasteiger partial charge is 0.416 e. The number of halogens is 3. The summed E-state index contributed by atoms with van der Waals surface area (Å²) in [5, 5.41) is 5.48. The maximum atomic E-state index is 13.0. The van der Waals surface area contributed by atoms with Gasteiger partial charge in [0.25, 0.3) is 0 Å². The largest absolute Gasteiger partial charge is 0.492 e. The molecule has 0 atom stereocenters. The fraction of sp³-hybridized carbons (Fsp3) is 0.381. The lowest BCUT2D eigenvalue weighted by Gasteiger charge is -2.18. The number of alkyl halides is 3. The predicted octanol–water partition coefficient (Wildman–Crippen LogP) is 4.75. The van der Waals surface area contributed by atoms with Crippen molar-refractivity contribution in [1.29, 1.82) is 0 Å². The summed E-state index contributed by atoms with van der Waals surface area (Å²) in [6, 6.07) is 10.7. The molecule has 3 rings (SSSR count). The molecule has 5 nitrogen and oxygen atoms in total. The summed E-state index contributed by atoms with van der Waals surface area (Å²) in [4.78, 5) is 14.5. The molecule has 0 aromatic heterocycles. The second kappa shape index (κ2) is 9.07. The lowest BCUT2D eigenvalue weighted by molar-refractivity contribution is -0.137. The van der Waals surface area contributed by atoms with Crippen LogP contribution in [0.25, 0.3) is 0 Å². The monoisotopic (exact) mass is 407 g/mol. The van der Waals surface area contributed by atoms with Crippen LogP contribution in [0, 0.1) is 0 Å². The highest BCUT2D eigenvalue weighted by molar-refractivity contribution is 5.94. The van der Waals surface area contributed by atoms with Gasteiger partial charge in [-0.3, -0.25) is 4.79 Å². The first-order chi connectivity index (χ1) is 13.9. The topological polar surface area (TPSA) is 53.6 Å². The molecule has 29 heavy (non-hydrogen) atoms. The van der Waals surface area contributed by atoms with E-state index >= 15 is 0 Å². The average Bonchev–Trinajstić information content (AvgIpc) is 3.22. The van der Waals surface area contributed by atoms with Crippen LogP contribution in [0.3, 0.4) is 0 Å². The van der Waals surface area contributed by atoms with Crippen molar-refractivity contribution in [1.82, 2.24) is 0 Å². The number of nitrogens with one attached hydrogen (secondary N) is 2. The average molecular weight is 407 g/mol. The second-order valence-electron chi connectivity index (χ2n) is 6.78. The summed E-state index contributed by atoms with van der Waals surface area (Å²) in [7, 11) is 0. The van der Waals surface area contributed by atoms with E-state index in [9.17, 15) is 18.0 Å². The minimum Gasteiger partial charge on any atom is -0.492 e. The highest BCUT2D eigenvalue weighted by Crippen LogP contribution is 2.35. The number of nitrogens with zero attached hydrogens (tertiary/aromatic N) is 1. The third kappa shape index (κ3) is 5.56. The zero-order valence-corrected chi connectivity index (χ0v) is 16.2. The van der Waals surface area contributed by atoms with Gasteiger partial charge in [-0.1, -0.05) is 0 Å². The molecule has 0 radical (unpaired) electrons. The number of hydrogen-bond donors (Lipinski definition) is 2. The van der Waals surface area contributed by atoms with Crippen molar-refractivity contribution in [3.8, 4) is 5.75 Å². The van der Waals surface area contributed by atoms with Crippen LogP contribution in [0.1, 0.15) is 25.3 Å². The van der Waals surface area contributed by atoms with Gasteiger partial charge in [-0.15, -0.1) is 0 Å². The first-order valence-corrected chi connectivity index (χ1v) is 9.59. The van der Waals surface area contributed by atoms with Gasteiger partial charge in [-0.2, -0.15) is 13.2 Å². The molecule has 1 aliphatic heterocycles. The highest BCUT2D eigenvalue weighted by atomic mass is 19.4. The molecule has 0 spiro atoms. The summed E-state index contributed by atoms with van der Waals surface area (Å²) < 4.78 is 44.2. The molecule has 156 valence electrons. The van der Waals surface area contributed by atoms with Crippen molar-refractivity contribution < 1.29 is 22.7 Å². The molecule has 1 aliphatic rings. The number of amides is 1. The van der Waals surface area contributed by atoms with Gasteiger partial charge >= 0.3 is 6.18 Å². The van der Waals surface area contributed by atoms with Crippen LogP contribution >= 0.6 is 0 Å². The van der Waals surface area contributed by atoms with Gasteiger partial charge in [0.2, 0.25) is 5.91 Å². The van der Waals surface area contributed by atoms with Gasteiger partial charge in [0.05, 0.1) is 24.4 Å². The summed E-state index contributed by atoms with van der Waals surface area (Å²) >= 11 is 0. The number of carbonyl (C=O) groups is 1. The minimum atomic E-state index is -4.47. The Morgan fingerprint density at radius 3 is 2.41 bits per heavy atom. The van der Waals surface area contributed by atoms with Crippen LogP contribution in [-0.4, -0.2) is 32.1 Å². The van der Waals surface area contributed by atoms with E-state index in [1.807, 2.05) is 24.3 Å². The fourth-order valence-electron chi connectivity index (χ4n) is 3.24. The van der Waals surface area contributed by atoms with Crippen LogP contribution in [0.2, 0.25) is 0 Å². The number of carbonyl (C=O) groups excluding carboxylic acids is 1. The van der Waals surface area contributed by atoms with Gasteiger partial charge in [-0.25, -0.2) is 0 Å². The Hall–Kier alpha value is -2.90. The lowest BCUT2D eigenvalue weighted by Crippen LogP contribution is -2.22. The van der Waals surface area contributed by atoms with Gasteiger partial charge in [0.15, 0.2) is 0 Å². The van der Waals surface area contributed by atoms with Gasteiger partial charge < -0.3 is 20.3 Å². The molecule has 2 N–H and O–H groups in total. The molecule has 0 bridgehead atoms. The van der Waals surface area contributed by atoms with E-state index in [0.29, 0.717) is 12.3 Å². The zero-order valence-electron chi connectivity index (χ0n) is 16.2. The molecule has 2 aromatic carbocycles. The summed E-state index contributed by atoms with van der Waals surface area (Å²) in [6.07, 6.45) is -2.10. The molecule has 1 heterocycles. The minimum absolute atomic E-state index is 0.126. The van der Waals surface area contributed by atoms with E-state index in [1.165, 1.54) is 18.9 Å². The number of anilines is 3. The molecule has 2 aromatic rings. The molecular formula is C21H24F3N3O2. The number of hydrogen-bond acceptors (Lipinski definition) is 4. The van der Waals surface area contributed by atoms with E-state index in [-0.39, 0.29) is 23.9 Å². The van der Waals surface area contributed by atoms with Crippen LogP contribution in [0.4, 0.5) is 30.2 Å². The van der Waals surface area contributed by atoms with Gasteiger partial charge in [0.1, 0.15) is 5.75 Å². The molecule has 0 unspecified atom stereocenters. The van der Waals surface area contributed by atoms with Crippen molar-refractivity contribution in [3.63, 3.8) is 0 Å². The second-order valence-corrected chi connectivity index (χ2v) is 6.78. The summed E-state index contributed by atoms with van der Waals surface area (Å²) in [6.45, 7) is 3.92. The van der Waals surface area contributed by atoms with Crippen molar-refractivity contribution in [2.45, 2.75) is 25.9 Å². The molecule has 1 saturated heterocycles. The zero-order chi connectivity index (χ0) is 20.9. The Labute approximate surface area is 167 Å². The van der Waals surface area contributed by atoms with Gasteiger partial charge in [0, 0.05) is 24.5 Å². The standard InChI is InChI=1S/C21H24F3N3O2/c1-2-29-19-10-5-15(21(22,23)24)13-18(19)25-14-20(28)26-16-6-8-17(9-7-16)27-11-3-4-12-27/h5-10,13,25H,2-4,11-12,14H2,1H3,(H,26,28). The number of ether oxygens (including phenoxy) is 1. The van der Waals surface area contributed by atoms with E-state index < -0.39 is 11.7 Å². The van der Waals surface area contributed by atoms with Crippen molar-refractivity contribution in [2.75, 3.05) is 41.8 Å². The summed E-state index contributed by atoms with van der Waals surface area (Å²) in [5.41, 5.74) is 1.07. The molecule has 0 aliphatic carbocycles. The first kappa shape index (κ1) is 20.8. The van der Waals surface area contributed by atoms with Crippen LogP contribution in [0.5, 0.6) is 5.75 Å². The van der Waals surface area contributed by atoms with Crippen LogP contribution < -0.4 is 20.3 Å². The molecule has 0 saturated carbocycles. The molecule has 8 heteroatoms. The third-order valence-electron chi connectivity index (χ3n) is 4.67. The van der Waals surface area contributed by atoms with Crippen molar-refractivity contribution in [3.05, 3.63) is 48.0 Å². The summed E-state index contributed by atoms with van der Waals surface area (Å²) in [5.74, 6) is -0.0953. The van der Waals surface area contributed by atoms with Gasteiger partial charge in [-0.05, 0) is 62.2 Å². The van der Waals surface area contributed by atoms with Crippen LogP contribution in [0.15, 0.2) is 42.5 Å². The highest BCUT2D eigenvalue weighted by Gasteiger charge is 2.31. The molecule has 1 amide bonds. The Balaban J connectivity index is 1.61.